The van der Waals surface area contributed by atoms with Crippen LogP contribution in [0, 0.1) is 21.4 Å². The monoisotopic (exact) mass is 370 g/mol. The summed E-state index contributed by atoms with van der Waals surface area (Å²) < 4.78 is 0. The van der Waals surface area contributed by atoms with E-state index in [2.05, 4.69) is 11.1 Å². The Balaban J connectivity index is 1.70. The Morgan fingerprint density at radius 2 is 1.96 bits per heavy atom. The summed E-state index contributed by atoms with van der Waals surface area (Å²) in [5, 5.41) is 20.0. The molecule has 0 atom stereocenters. The van der Waals surface area contributed by atoms with Gasteiger partial charge in [0.15, 0.2) is 0 Å². The number of nitriles is 1. The third-order valence-electron chi connectivity index (χ3n) is 4.79. The number of fused-ring (bicyclic) bond motifs is 1. The van der Waals surface area contributed by atoms with Crippen molar-refractivity contribution >= 4 is 17.3 Å². The van der Waals surface area contributed by atoms with Crippen molar-refractivity contribution in [2.45, 2.75) is 6.42 Å². The Kier molecular flexibility index (Phi) is 4.30. The first-order valence-electron chi connectivity index (χ1n) is 8.62. The third-order valence-corrected chi connectivity index (χ3v) is 4.79. The Morgan fingerprint density at radius 1 is 1.18 bits per heavy atom. The van der Waals surface area contributed by atoms with Crippen LogP contribution in [0.25, 0.3) is 11.1 Å². The minimum absolute atomic E-state index is 0.116. The maximum atomic E-state index is 13.0. The highest BCUT2D eigenvalue weighted by atomic mass is 16.6. The number of carbonyl (C=O) groups is 1. The van der Waals surface area contributed by atoms with Crippen LogP contribution in [0.4, 0.5) is 11.4 Å². The Morgan fingerprint density at radius 3 is 2.68 bits per heavy atom. The molecular formula is C21H14N4O3. The number of rotatable bonds is 3. The summed E-state index contributed by atoms with van der Waals surface area (Å²) in [6.07, 6.45) is 4.06. The van der Waals surface area contributed by atoms with Crippen LogP contribution in [0.1, 0.15) is 21.5 Å². The van der Waals surface area contributed by atoms with Crippen LogP contribution in [0.2, 0.25) is 0 Å². The summed E-state index contributed by atoms with van der Waals surface area (Å²) in [5.41, 5.74) is 4.27. The van der Waals surface area contributed by atoms with Crippen molar-refractivity contribution in [3.8, 4) is 17.2 Å². The van der Waals surface area contributed by atoms with E-state index in [1.165, 1.54) is 18.2 Å². The smallest absolute Gasteiger partial charge is 0.270 e. The molecule has 0 N–H and O–H groups in total. The predicted molar refractivity (Wildman–Crippen MR) is 103 cm³/mol. The zero-order valence-corrected chi connectivity index (χ0v) is 14.7. The number of benzene rings is 2. The zero-order valence-electron chi connectivity index (χ0n) is 14.7. The van der Waals surface area contributed by atoms with Crippen LogP contribution in [-0.4, -0.2) is 22.4 Å². The Bertz CT molecular complexity index is 1130. The molecule has 0 spiro atoms. The Labute approximate surface area is 160 Å². The van der Waals surface area contributed by atoms with Gasteiger partial charge in [0, 0.05) is 36.0 Å². The molecule has 0 bridgehead atoms. The fraction of sp³-hybridized carbons (Fsp3) is 0.0952. The number of nitrogens with zero attached hydrogens (tertiary/aromatic N) is 4. The van der Waals surface area contributed by atoms with Crippen LogP contribution >= 0.6 is 0 Å². The quantitative estimate of drug-likeness (QED) is 0.516. The second kappa shape index (κ2) is 6.93. The first-order valence-corrected chi connectivity index (χ1v) is 8.62. The van der Waals surface area contributed by atoms with Crippen LogP contribution in [-0.2, 0) is 6.42 Å². The van der Waals surface area contributed by atoms with Gasteiger partial charge in [-0.25, -0.2) is 0 Å². The van der Waals surface area contributed by atoms with Crippen molar-refractivity contribution in [1.29, 1.82) is 5.26 Å². The lowest BCUT2D eigenvalue weighted by Gasteiger charge is -2.17. The number of anilines is 1. The number of amides is 1. The zero-order chi connectivity index (χ0) is 19.7. The topological polar surface area (TPSA) is 100 Å². The Hall–Kier alpha value is -4.05. The fourth-order valence-electron chi connectivity index (χ4n) is 3.41. The molecule has 7 nitrogen and oxygen atoms in total. The normalized spacial score (nSPS) is 12.3. The number of pyridine rings is 1. The molecule has 0 saturated heterocycles. The van der Waals surface area contributed by atoms with E-state index in [0.29, 0.717) is 24.2 Å². The van der Waals surface area contributed by atoms with Gasteiger partial charge in [-0.2, -0.15) is 5.26 Å². The molecule has 7 heteroatoms. The van der Waals surface area contributed by atoms with Crippen LogP contribution in [0.3, 0.4) is 0 Å². The molecule has 0 radical (unpaired) electrons. The molecule has 136 valence electrons. The van der Waals surface area contributed by atoms with Gasteiger partial charge in [-0.15, -0.1) is 0 Å². The lowest BCUT2D eigenvalue weighted by Crippen LogP contribution is -2.28. The van der Waals surface area contributed by atoms with Gasteiger partial charge in [0.05, 0.1) is 28.4 Å². The molecule has 1 amide bonds. The lowest BCUT2D eigenvalue weighted by atomic mass is 9.99. The minimum atomic E-state index is -0.515. The van der Waals surface area contributed by atoms with Crippen molar-refractivity contribution in [2.24, 2.45) is 0 Å². The van der Waals surface area contributed by atoms with Crippen LogP contribution in [0.5, 0.6) is 0 Å². The van der Waals surface area contributed by atoms with Crippen molar-refractivity contribution < 1.29 is 9.72 Å². The lowest BCUT2D eigenvalue weighted by molar-refractivity contribution is -0.384. The van der Waals surface area contributed by atoms with E-state index in [1.54, 1.807) is 35.5 Å². The average Bonchev–Trinajstić information content (AvgIpc) is 3.17. The largest absolute Gasteiger partial charge is 0.306 e. The summed E-state index contributed by atoms with van der Waals surface area (Å²) in [4.78, 5) is 29.3. The maximum Gasteiger partial charge on any atom is 0.270 e. The average molecular weight is 370 g/mol. The van der Waals surface area contributed by atoms with Gasteiger partial charge >= 0.3 is 0 Å². The molecule has 0 unspecified atom stereocenters. The van der Waals surface area contributed by atoms with Gasteiger partial charge in [-0.05, 0) is 35.7 Å². The molecule has 3 aromatic rings. The van der Waals surface area contributed by atoms with Gasteiger partial charge < -0.3 is 4.90 Å². The van der Waals surface area contributed by atoms with E-state index >= 15 is 0 Å². The molecule has 0 saturated carbocycles. The first kappa shape index (κ1) is 17.4. The summed E-state index contributed by atoms with van der Waals surface area (Å²) >= 11 is 0. The molecule has 0 fully saturated rings. The van der Waals surface area contributed by atoms with E-state index in [0.717, 1.165) is 16.7 Å². The number of hydrogen-bond donors (Lipinski definition) is 0. The molecule has 1 aliphatic rings. The number of carbonyl (C=O) groups excluding carboxylic acids is 1. The van der Waals surface area contributed by atoms with Crippen molar-refractivity contribution in [1.82, 2.24) is 4.98 Å². The summed E-state index contributed by atoms with van der Waals surface area (Å²) in [7, 11) is 0. The SMILES string of the molecule is N#Cc1ccc(-c2cncc3c2CCN3C(=O)c2cccc([N+](=O)[O-])c2)cc1. The van der Waals surface area contributed by atoms with Crippen LogP contribution in [0.15, 0.2) is 60.9 Å². The molecule has 2 heterocycles. The van der Waals surface area contributed by atoms with Gasteiger partial charge in [0.2, 0.25) is 0 Å². The molecule has 1 aromatic heterocycles. The van der Waals surface area contributed by atoms with E-state index in [1.807, 2.05) is 12.1 Å². The highest BCUT2D eigenvalue weighted by Crippen LogP contribution is 2.36. The van der Waals surface area contributed by atoms with E-state index in [-0.39, 0.29) is 17.2 Å². The summed E-state index contributed by atoms with van der Waals surface area (Å²) in [5.74, 6) is -0.291. The van der Waals surface area contributed by atoms with Gasteiger partial charge in [0.1, 0.15) is 0 Å². The van der Waals surface area contributed by atoms with E-state index in [4.69, 9.17) is 5.26 Å². The van der Waals surface area contributed by atoms with Gasteiger partial charge in [-0.3, -0.25) is 19.9 Å². The third kappa shape index (κ3) is 2.97. The van der Waals surface area contributed by atoms with Gasteiger partial charge in [-0.1, -0.05) is 18.2 Å². The second-order valence-electron chi connectivity index (χ2n) is 6.39. The standard InChI is InChI=1S/C21H14N4O3/c22-11-14-4-6-15(7-5-14)19-12-23-13-20-18(19)8-9-24(20)21(26)16-2-1-3-17(10-16)25(27)28/h1-7,10,12-13H,8-9H2. The van der Waals surface area contributed by atoms with Crippen molar-refractivity contribution in [3.05, 3.63) is 87.7 Å². The minimum Gasteiger partial charge on any atom is -0.306 e. The summed E-state index contributed by atoms with van der Waals surface area (Å²) in [6, 6.07) is 15.0. The molecule has 1 aliphatic heterocycles. The predicted octanol–water partition coefficient (Wildman–Crippen LogP) is 3.73. The van der Waals surface area contributed by atoms with Crippen LogP contribution < -0.4 is 4.90 Å². The first-order chi connectivity index (χ1) is 13.6. The summed E-state index contributed by atoms with van der Waals surface area (Å²) in [6.45, 7) is 0.478. The van der Waals surface area contributed by atoms with Crippen molar-refractivity contribution in [2.75, 3.05) is 11.4 Å². The fourth-order valence-corrected chi connectivity index (χ4v) is 3.41. The highest BCUT2D eigenvalue weighted by Gasteiger charge is 2.28. The number of hydrogen-bond acceptors (Lipinski definition) is 5. The molecule has 0 aliphatic carbocycles. The molecule has 4 rings (SSSR count). The van der Waals surface area contributed by atoms with Gasteiger partial charge in [0.25, 0.3) is 11.6 Å². The highest BCUT2D eigenvalue weighted by molar-refractivity contribution is 6.08. The van der Waals surface area contributed by atoms with E-state index < -0.39 is 4.92 Å². The van der Waals surface area contributed by atoms with Crippen molar-refractivity contribution in [3.63, 3.8) is 0 Å². The number of non-ortho nitro benzene ring substituents is 1. The molecule has 28 heavy (non-hydrogen) atoms. The number of nitro groups is 1. The second-order valence-corrected chi connectivity index (χ2v) is 6.39. The van der Waals surface area contributed by atoms with E-state index in [9.17, 15) is 14.9 Å². The molecule has 2 aromatic carbocycles. The number of nitro benzene ring substituents is 1. The maximum absolute atomic E-state index is 13.0. The molecular weight excluding hydrogens is 356 g/mol. The number of aromatic nitrogens is 1.